The Bertz CT molecular complexity index is 2640. The van der Waals surface area contributed by atoms with Crippen LogP contribution in [-0.2, 0) is 45.7 Å². The first-order valence-corrected chi connectivity index (χ1v) is 23.1. The topological polar surface area (TPSA) is 124 Å². The van der Waals surface area contributed by atoms with Crippen molar-refractivity contribution in [2.24, 2.45) is 0 Å². The second kappa shape index (κ2) is 17.5. The average Bonchev–Trinajstić information content (AvgIpc) is 3.87. The molecule has 0 amide bonds. The van der Waals surface area contributed by atoms with Gasteiger partial charge in [0.05, 0.1) is 39.4 Å². The Morgan fingerprint density at radius 3 is 1.46 bits per heavy atom. The molecule has 61 heavy (non-hydrogen) atoms. The first-order chi connectivity index (χ1) is 29.3. The zero-order chi connectivity index (χ0) is 42.8. The van der Waals surface area contributed by atoms with Crippen molar-refractivity contribution in [2.45, 2.75) is 76.6 Å². The fourth-order valence-corrected chi connectivity index (χ4v) is 10.1. The van der Waals surface area contributed by atoms with Crippen LogP contribution in [0.15, 0.2) is 165 Å². The molecule has 0 bridgehead atoms. The van der Waals surface area contributed by atoms with E-state index in [-0.39, 0.29) is 49.4 Å². The molecular weight excluding hydrogens is 813 g/mol. The molecular formula is C49H48O10S2. The highest BCUT2D eigenvalue weighted by atomic mass is 32.2. The second-order valence-corrected chi connectivity index (χ2v) is 19.7. The first-order valence-electron chi connectivity index (χ1n) is 20.1. The summed E-state index contributed by atoms with van der Waals surface area (Å²) in [5, 5.41) is 0. The van der Waals surface area contributed by atoms with E-state index in [0.717, 1.165) is 28.0 Å². The summed E-state index contributed by atoms with van der Waals surface area (Å²) in [6.45, 7) is 7.48. The summed E-state index contributed by atoms with van der Waals surface area (Å²) < 4.78 is 88.2. The van der Waals surface area contributed by atoms with E-state index in [9.17, 15) is 16.8 Å². The second-order valence-electron chi connectivity index (χ2n) is 15.8. The Labute approximate surface area is 357 Å². The van der Waals surface area contributed by atoms with Gasteiger partial charge in [-0.25, -0.2) is 16.8 Å². The highest BCUT2D eigenvalue weighted by molar-refractivity contribution is 7.91. The van der Waals surface area contributed by atoms with Crippen LogP contribution in [0.4, 0.5) is 0 Å². The zero-order valence-corrected chi connectivity index (χ0v) is 36.0. The number of fused-ring (bicyclic) bond motifs is 1. The van der Waals surface area contributed by atoms with E-state index < -0.39 is 19.7 Å². The van der Waals surface area contributed by atoms with Crippen LogP contribution in [0.5, 0.6) is 23.0 Å². The average molecular weight is 861 g/mol. The van der Waals surface area contributed by atoms with Gasteiger partial charge in [-0.15, -0.1) is 0 Å². The molecule has 0 N–H and O–H groups in total. The van der Waals surface area contributed by atoms with Gasteiger partial charge in [0.25, 0.3) is 0 Å². The molecule has 2 aliphatic heterocycles. The Balaban J connectivity index is 0.811. The van der Waals surface area contributed by atoms with Crippen molar-refractivity contribution < 1.29 is 45.3 Å². The summed E-state index contributed by atoms with van der Waals surface area (Å²) >= 11 is 0. The summed E-state index contributed by atoms with van der Waals surface area (Å²) in [4.78, 5) is 0.854. The molecule has 0 radical (unpaired) electrons. The Morgan fingerprint density at radius 1 is 0.541 bits per heavy atom. The van der Waals surface area contributed by atoms with Crippen molar-refractivity contribution in [3.8, 4) is 23.0 Å². The molecule has 4 unspecified atom stereocenters. The number of aryl methyl sites for hydroxylation is 1. The summed E-state index contributed by atoms with van der Waals surface area (Å²) in [6.07, 6.45) is -0.211. The molecule has 6 aromatic rings. The minimum atomic E-state index is -3.73. The van der Waals surface area contributed by atoms with Gasteiger partial charge >= 0.3 is 0 Å². The van der Waals surface area contributed by atoms with E-state index in [1.54, 1.807) is 92.0 Å². The minimum absolute atomic E-state index is 0.121. The summed E-state index contributed by atoms with van der Waals surface area (Å²) in [5.41, 5.74) is 3.85. The third-order valence-corrected chi connectivity index (χ3v) is 15.0. The largest absolute Gasteiger partial charge is 0.493 e. The number of hydrogen-bond acceptors (Lipinski definition) is 10. The van der Waals surface area contributed by atoms with Gasteiger partial charge in [0.2, 0.25) is 19.7 Å². The van der Waals surface area contributed by atoms with Gasteiger partial charge in [0.1, 0.15) is 41.3 Å². The van der Waals surface area contributed by atoms with Crippen molar-refractivity contribution >= 4 is 19.7 Å². The molecule has 4 atom stereocenters. The molecule has 2 fully saturated rings. The van der Waals surface area contributed by atoms with Gasteiger partial charge in [-0.1, -0.05) is 67.9 Å². The molecule has 0 aliphatic carbocycles. The van der Waals surface area contributed by atoms with Crippen molar-refractivity contribution in [2.75, 3.05) is 26.9 Å². The Morgan fingerprint density at radius 2 is 0.951 bits per heavy atom. The molecule has 316 valence electrons. The maximum absolute atomic E-state index is 13.4. The standard InChI is InChI=1S/C49H48O10S2/c1-33-5-21-41(22-6-33)60(50,51)43-25-17-39(18-26-43)58-38-15-11-36(12-16-38)49(2,3)35-9-13-37(14-10-35)55-30-29-34-7-23-42(24-8-34)61(52,53)44-27-19-40(20-28-44)59-46-32-57-47-45(54-4)31-56-48(46)47/h5-28,45-48H,29-32H2,1-4H3. The number of benzene rings is 6. The van der Waals surface area contributed by atoms with Crippen molar-refractivity contribution in [3.05, 3.63) is 168 Å². The van der Waals surface area contributed by atoms with Gasteiger partial charge in [-0.3, -0.25) is 0 Å². The lowest BCUT2D eigenvalue weighted by Gasteiger charge is -2.26. The lowest BCUT2D eigenvalue weighted by molar-refractivity contribution is -0.0138. The molecule has 8 rings (SSSR count). The van der Waals surface area contributed by atoms with Gasteiger partial charge in [0.15, 0.2) is 6.10 Å². The van der Waals surface area contributed by atoms with Crippen LogP contribution in [0.1, 0.15) is 36.1 Å². The van der Waals surface area contributed by atoms with Gasteiger partial charge in [-0.2, -0.15) is 0 Å². The zero-order valence-electron chi connectivity index (χ0n) is 34.4. The van der Waals surface area contributed by atoms with Crippen molar-refractivity contribution in [1.82, 2.24) is 0 Å². The summed E-state index contributed by atoms with van der Waals surface area (Å²) in [7, 11) is -5.72. The lowest BCUT2D eigenvalue weighted by atomic mass is 9.78. The van der Waals surface area contributed by atoms with Gasteiger partial charge in [-0.05, 0) is 121 Å². The fraction of sp³-hybridized carbons (Fsp3) is 0.265. The summed E-state index contributed by atoms with van der Waals surface area (Å²) in [5.74, 6) is 2.46. The summed E-state index contributed by atoms with van der Waals surface area (Å²) in [6, 6.07) is 42.5. The molecule has 2 aliphatic rings. The first kappa shape index (κ1) is 42.2. The number of methoxy groups -OCH3 is 1. The van der Waals surface area contributed by atoms with E-state index >= 15 is 0 Å². The molecule has 6 aromatic carbocycles. The maximum atomic E-state index is 13.4. The SMILES string of the molecule is COC1COC2C(Oc3ccc(S(=O)(=O)c4ccc(CCOc5ccc(C(C)(C)c6ccc(Oc7ccc(S(=O)(=O)c8ccc(C)cc8)cc7)cc6)cc5)cc4)cc3)COC12. The number of rotatable bonds is 15. The molecule has 10 nitrogen and oxygen atoms in total. The Kier molecular flexibility index (Phi) is 12.1. The molecule has 0 spiro atoms. The molecule has 12 heteroatoms. The molecule has 0 aromatic heterocycles. The predicted molar refractivity (Wildman–Crippen MR) is 230 cm³/mol. The Hall–Kier alpha value is -5.50. The third kappa shape index (κ3) is 9.10. The predicted octanol–water partition coefficient (Wildman–Crippen LogP) is 8.96. The van der Waals surface area contributed by atoms with Crippen LogP contribution in [0.3, 0.4) is 0 Å². The number of sulfone groups is 2. The number of ether oxygens (including phenoxy) is 6. The minimum Gasteiger partial charge on any atom is -0.493 e. The quantitative estimate of drug-likeness (QED) is 0.0989. The van der Waals surface area contributed by atoms with Gasteiger partial charge < -0.3 is 28.4 Å². The van der Waals surface area contributed by atoms with E-state index in [4.69, 9.17) is 28.4 Å². The van der Waals surface area contributed by atoms with Crippen molar-refractivity contribution in [1.29, 1.82) is 0 Å². The van der Waals surface area contributed by atoms with Crippen LogP contribution in [0, 0.1) is 6.92 Å². The van der Waals surface area contributed by atoms with E-state index in [2.05, 4.69) is 26.0 Å². The maximum Gasteiger partial charge on any atom is 0.206 e. The van der Waals surface area contributed by atoms with E-state index in [1.807, 2.05) is 55.5 Å². The third-order valence-electron chi connectivity index (χ3n) is 11.4. The van der Waals surface area contributed by atoms with Crippen LogP contribution >= 0.6 is 0 Å². The smallest absolute Gasteiger partial charge is 0.206 e. The molecule has 2 heterocycles. The monoisotopic (exact) mass is 860 g/mol. The number of hydrogen-bond donors (Lipinski definition) is 0. The van der Waals surface area contributed by atoms with E-state index in [1.165, 1.54) is 0 Å². The van der Waals surface area contributed by atoms with Gasteiger partial charge in [0, 0.05) is 18.9 Å². The van der Waals surface area contributed by atoms with Crippen LogP contribution in [-0.4, -0.2) is 68.2 Å². The van der Waals surface area contributed by atoms with Crippen LogP contribution in [0.2, 0.25) is 0 Å². The normalized spacial score (nSPS) is 19.0. The molecule has 2 saturated heterocycles. The van der Waals surface area contributed by atoms with E-state index in [0.29, 0.717) is 43.5 Å². The van der Waals surface area contributed by atoms with Crippen LogP contribution in [0.25, 0.3) is 0 Å². The highest BCUT2D eigenvalue weighted by Gasteiger charge is 2.49. The molecule has 0 saturated carbocycles. The lowest BCUT2D eigenvalue weighted by Crippen LogP contribution is -2.35. The fourth-order valence-electron chi connectivity index (χ4n) is 7.61. The highest BCUT2D eigenvalue weighted by Crippen LogP contribution is 2.35. The van der Waals surface area contributed by atoms with Crippen molar-refractivity contribution in [3.63, 3.8) is 0 Å². The van der Waals surface area contributed by atoms with Crippen LogP contribution < -0.4 is 14.2 Å².